The number of hydrazone groups is 1. The van der Waals surface area contributed by atoms with Crippen molar-refractivity contribution >= 4 is 16.1 Å². The summed E-state index contributed by atoms with van der Waals surface area (Å²) in [6, 6.07) is 0. The summed E-state index contributed by atoms with van der Waals surface area (Å²) < 4.78 is 30.2. The summed E-state index contributed by atoms with van der Waals surface area (Å²) in [4.78, 5) is 0. The van der Waals surface area contributed by atoms with Gasteiger partial charge in [-0.15, -0.1) is 0 Å². The minimum Gasteiger partial charge on any atom is -0.746 e. The van der Waals surface area contributed by atoms with E-state index in [0.717, 1.165) is 0 Å². The van der Waals surface area contributed by atoms with Gasteiger partial charge in [-0.05, 0) is 12.3 Å². The van der Waals surface area contributed by atoms with Crippen LogP contribution in [0.5, 0.6) is 0 Å². The Morgan fingerprint density at radius 2 is 1.80 bits per heavy atom. The van der Waals surface area contributed by atoms with Gasteiger partial charge in [0.15, 0.2) is 0 Å². The molecule has 0 aliphatic rings. The fourth-order valence-corrected chi connectivity index (χ4v) is 1.14. The summed E-state index contributed by atoms with van der Waals surface area (Å²) in [7, 11) is -4.49. The fourth-order valence-electron chi connectivity index (χ4n) is 0.521. The monoisotopic (exact) mass is 242 g/mol. The van der Waals surface area contributed by atoms with Gasteiger partial charge in [-0.1, -0.05) is 13.8 Å². The lowest BCUT2D eigenvalue weighted by molar-refractivity contribution is -0.471. The molecule has 0 saturated heterocycles. The number of nitrogens with two attached hydrogens (primary N) is 3. The van der Waals surface area contributed by atoms with Gasteiger partial charge in [-0.2, -0.15) is 5.10 Å². The Labute approximate surface area is 88.9 Å². The van der Waals surface area contributed by atoms with Gasteiger partial charge in [0.05, 0.1) is 0 Å². The van der Waals surface area contributed by atoms with E-state index >= 15 is 0 Å². The molecular formula is C6H18N4O4S. The summed E-state index contributed by atoms with van der Waals surface area (Å²) in [6.45, 7) is 3.46. The van der Waals surface area contributed by atoms with Crippen molar-refractivity contribution in [3.63, 3.8) is 0 Å². The molecule has 0 saturated carbocycles. The van der Waals surface area contributed by atoms with Crippen molar-refractivity contribution in [1.29, 1.82) is 0 Å². The lowest BCUT2D eigenvalue weighted by Crippen LogP contribution is -2.84. The van der Waals surface area contributed by atoms with Gasteiger partial charge in [0, 0.05) is 0 Å². The van der Waals surface area contributed by atoms with Gasteiger partial charge in [-0.25, -0.2) is 8.42 Å². The third kappa shape index (κ3) is 12.9. The van der Waals surface area contributed by atoms with Crippen molar-refractivity contribution in [3.05, 3.63) is 0 Å². The average Bonchev–Trinajstić information content (AvgIpc) is 2.02. The van der Waals surface area contributed by atoms with Crippen molar-refractivity contribution < 1.29 is 23.2 Å². The summed E-state index contributed by atoms with van der Waals surface area (Å²) in [5, 5.41) is 10.7. The van der Waals surface area contributed by atoms with Gasteiger partial charge in [0.1, 0.15) is 15.6 Å². The predicted octanol–water partition coefficient (Wildman–Crippen LogP) is -3.89. The van der Waals surface area contributed by atoms with Crippen LogP contribution in [0.1, 0.15) is 20.3 Å². The molecule has 0 radical (unpaired) electrons. The SMILES string of the molecule is CC(C)CC(O)S(=O)(=O)[O-].N[NH+]=C(N)N. The Morgan fingerprint density at radius 1 is 1.47 bits per heavy atom. The van der Waals surface area contributed by atoms with E-state index in [-0.39, 0.29) is 18.3 Å². The molecule has 0 aromatic rings. The van der Waals surface area contributed by atoms with Crippen LogP contribution in [0.15, 0.2) is 0 Å². The zero-order valence-corrected chi connectivity index (χ0v) is 9.49. The first-order valence-electron chi connectivity index (χ1n) is 4.08. The Hall–Kier alpha value is -1.06. The smallest absolute Gasteiger partial charge is 0.360 e. The molecular weight excluding hydrogens is 224 g/mol. The summed E-state index contributed by atoms with van der Waals surface area (Å²) in [5.74, 6) is 4.68. The van der Waals surface area contributed by atoms with Gasteiger partial charge in [0.2, 0.25) is 0 Å². The van der Waals surface area contributed by atoms with Crippen LogP contribution in [-0.2, 0) is 10.1 Å². The van der Waals surface area contributed by atoms with Crippen LogP contribution in [0, 0.1) is 5.92 Å². The molecule has 0 aromatic heterocycles. The Bertz CT molecular complexity index is 284. The van der Waals surface area contributed by atoms with Crippen LogP contribution < -0.4 is 22.4 Å². The molecule has 0 aliphatic carbocycles. The maximum atomic E-state index is 10.1. The van der Waals surface area contributed by atoms with E-state index in [0.29, 0.717) is 0 Å². The van der Waals surface area contributed by atoms with Crippen LogP contribution in [0.25, 0.3) is 0 Å². The minimum absolute atomic E-state index is 0.00579. The number of hydrazine groups is 1. The number of hydrogen-bond donors (Lipinski definition) is 5. The van der Waals surface area contributed by atoms with E-state index in [2.05, 4.69) is 5.84 Å². The Balaban J connectivity index is 0. The lowest BCUT2D eigenvalue weighted by atomic mass is 10.1. The molecule has 8 nitrogen and oxygen atoms in total. The second kappa shape index (κ2) is 7.26. The van der Waals surface area contributed by atoms with E-state index in [1.54, 1.807) is 13.8 Å². The zero-order chi connectivity index (χ0) is 12.6. The van der Waals surface area contributed by atoms with E-state index in [1.165, 1.54) is 0 Å². The summed E-state index contributed by atoms with van der Waals surface area (Å²) in [5.41, 5.74) is 7.76. The number of aliphatic hydroxyl groups excluding tert-OH is 1. The zero-order valence-electron chi connectivity index (χ0n) is 8.67. The first kappa shape index (κ1) is 16.4. The largest absolute Gasteiger partial charge is 0.746 e. The van der Waals surface area contributed by atoms with Gasteiger partial charge >= 0.3 is 5.96 Å². The van der Waals surface area contributed by atoms with Crippen LogP contribution >= 0.6 is 0 Å². The molecule has 0 aromatic carbocycles. The molecule has 0 spiro atoms. The number of hydrogen-bond acceptors (Lipinski definition) is 5. The second-order valence-electron chi connectivity index (χ2n) is 3.18. The van der Waals surface area contributed by atoms with Gasteiger partial charge in [0.25, 0.3) is 0 Å². The van der Waals surface area contributed by atoms with Crippen LogP contribution in [-0.4, -0.2) is 29.5 Å². The highest BCUT2D eigenvalue weighted by atomic mass is 32.2. The summed E-state index contributed by atoms with van der Waals surface area (Å²) in [6.07, 6.45) is 0.00579. The van der Waals surface area contributed by atoms with Crippen molar-refractivity contribution in [1.82, 2.24) is 0 Å². The Kier molecular flexibility index (Phi) is 7.92. The molecule has 8 N–H and O–H groups in total. The molecule has 0 rings (SSSR count). The molecule has 0 bridgehead atoms. The fraction of sp³-hybridized carbons (Fsp3) is 0.833. The third-order valence-corrected chi connectivity index (χ3v) is 2.03. The van der Waals surface area contributed by atoms with Crippen LogP contribution in [0.4, 0.5) is 0 Å². The number of guanidine groups is 1. The number of rotatable bonds is 3. The molecule has 0 heterocycles. The molecule has 0 amide bonds. The van der Waals surface area contributed by atoms with Crippen molar-refractivity contribution in [2.75, 3.05) is 0 Å². The second-order valence-corrected chi connectivity index (χ2v) is 4.71. The highest BCUT2D eigenvalue weighted by molar-refractivity contribution is 7.86. The molecule has 1 atom stereocenters. The highest BCUT2D eigenvalue weighted by Crippen LogP contribution is 2.07. The third-order valence-electron chi connectivity index (χ3n) is 1.17. The summed E-state index contributed by atoms with van der Waals surface area (Å²) >= 11 is 0. The molecule has 9 heteroatoms. The van der Waals surface area contributed by atoms with Gasteiger partial charge < -0.3 is 9.66 Å². The highest BCUT2D eigenvalue weighted by Gasteiger charge is 2.12. The van der Waals surface area contributed by atoms with Crippen molar-refractivity contribution in [3.8, 4) is 0 Å². The molecule has 92 valence electrons. The number of nitrogens with one attached hydrogen (secondary N) is 1. The van der Waals surface area contributed by atoms with E-state index in [9.17, 15) is 13.0 Å². The topological polar surface area (TPSA) is 169 Å². The van der Waals surface area contributed by atoms with E-state index < -0.39 is 15.6 Å². The van der Waals surface area contributed by atoms with Crippen molar-refractivity contribution in [2.24, 2.45) is 23.2 Å². The molecule has 0 fully saturated rings. The molecule has 15 heavy (non-hydrogen) atoms. The maximum Gasteiger partial charge on any atom is 0.360 e. The van der Waals surface area contributed by atoms with Crippen LogP contribution in [0.3, 0.4) is 0 Å². The minimum atomic E-state index is -4.49. The van der Waals surface area contributed by atoms with E-state index in [1.807, 2.05) is 5.10 Å². The first-order chi connectivity index (χ1) is 6.61. The predicted molar refractivity (Wildman–Crippen MR) is 53.7 cm³/mol. The van der Waals surface area contributed by atoms with Crippen LogP contribution in [0.2, 0.25) is 0 Å². The van der Waals surface area contributed by atoms with Crippen molar-refractivity contribution in [2.45, 2.75) is 25.7 Å². The van der Waals surface area contributed by atoms with E-state index in [4.69, 9.17) is 16.6 Å². The number of aliphatic hydroxyl groups is 1. The quantitative estimate of drug-likeness (QED) is 0.111. The maximum absolute atomic E-state index is 10.1. The normalized spacial score (nSPS) is 12.6. The average molecular weight is 242 g/mol. The Morgan fingerprint density at radius 3 is 1.87 bits per heavy atom. The lowest BCUT2D eigenvalue weighted by Gasteiger charge is -2.15. The first-order valence-corrected chi connectivity index (χ1v) is 5.55. The molecule has 1 unspecified atom stereocenters. The standard InChI is InChI=1S/C5H12O4S.CH6N4/c1-4(2)3-5(6)10(7,8)9;2-1(3)5-4/h4-6H,3H2,1-2H3,(H,7,8,9);4H2,(H4,2,3,5). The van der Waals surface area contributed by atoms with Gasteiger partial charge in [-0.3, -0.25) is 17.3 Å². The molecule has 0 aliphatic heterocycles.